The topological polar surface area (TPSA) is 97.2 Å². The number of aromatic nitrogens is 3. The molecule has 0 saturated carbocycles. The number of hydrogen-bond acceptors (Lipinski definition) is 6. The molecule has 11 heteroatoms. The molecule has 0 spiro atoms. The molecule has 1 amide bonds. The van der Waals surface area contributed by atoms with Gasteiger partial charge in [-0.1, -0.05) is 35.5 Å². The van der Waals surface area contributed by atoms with Crippen LogP contribution in [0.3, 0.4) is 0 Å². The maximum Gasteiger partial charge on any atom is 0.242 e. The van der Waals surface area contributed by atoms with Gasteiger partial charge in [0.1, 0.15) is 6.33 Å². The average molecular weight is 480 g/mol. The van der Waals surface area contributed by atoms with Gasteiger partial charge in [0.2, 0.25) is 15.9 Å². The number of anilines is 1. The molecular formula is C20H22ClN5O3S2. The molecule has 0 aliphatic heterocycles. The van der Waals surface area contributed by atoms with Crippen LogP contribution in [0.2, 0.25) is 5.02 Å². The lowest BCUT2D eigenvalue weighted by atomic mass is 10.2. The number of carbonyl (C=O) groups is 1. The van der Waals surface area contributed by atoms with Crippen molar-refractivity contribution in [3.05, 3.63) is 58.9 Å². The molecule has 0 aliphatic carbocycles. The van der Waals surface area contributed by atoms with Crippen molar-refractivity contribution >= 4 is 45.0 Å². The Kier molecular flexibility index (Phi) is 7.05. The molecule has 1 heterocycles. The van der Waals surface area contributed by atoms with Gasteiger partial charge in [0.25, 0.3) is 0 Å². The molecule has 3 rings (SSSR count). The van der Waals surface area contributed by atoms with Crippen molar-refractivity contribution in [2.24, 2.45) is 0 Å². The van der Waals surface area contributed by atoms with Crippen molar-refractivity contribution in [1.82, 2.24) is 19.1 Å². The number of nitrogens with one attached hydrogen (secondary N) is 1. The first-order chi connectivity index (χ1) is 14.6. The standard InChI is InChI=1S/C20H22ClN5O3S2/c1-13-6-8-16(10-17(13)21)26-12-22-24-20(26)30-11-19(27)23-15-7-5-14(2)18(9-15)31(28,29)25(3)4/h5-10,12H,11H2,1-4H3,(H,23,27). The third kappa shape index (κ3) is 5.27. The summed E-state index contributed by atoms with van der Waals surface area (Å²) in [5, 5.41) is 11.9. The number of thioether (sulfide) groups is 1. The summed E-state index contributed by atoms with van der Waals surface area (Å²) in [6, 6.07) is 10.4. The second-order valence-corrected chi connectivity index (χ2v) is 10.5. The van der Waals surface area contributed by atoms with Crippen LogP contribution in [-0.4, -0.2) is 53.2 Å². The summed E-state index contributed by atoms with van der Waals surface area (Å²) in [5.41, 5.74) is 2.76. The van der Waals surface area contributed by atoms with Crippen molar-refractivity contribution < 1.29 is 13.2 Å². The van der Waals surface area contributed by atoms with Crippen LogP contribution in [0.25, 0.3) is 5.69 Å². The van der Waals surface area contributed by atoms with E-state index in [1.807, 2.05) is 25.1 Å². The van der Waals surface area contributed by atoms with Gasteiger partial charge in [0, 0.05) is 24.8 Å². The maximum atomic E-state index is 12.5. The molecule has 3 aromatic rings. The van der Waals surface area contributed by atoms with Crippen LogP contribution in [0, 0.1) is 13.8 Å². The van der Waals surface area contributed by atoms with E-state index in [0.717, 1.165) is 15.6 Å². The molecular weight excluding hydrogens is 458 g/mol. The molecule has 1 aromatic heterocycles. The fraction of sp³-hybridized carbons (Fsp3) is 0.250. The molecule has 0 saturated heterocycles. The van der Waals surface area contributed by atoms with Crippen LogP contribution in [0.1, 0.15) is 11.1 Å². The van der Waals surface area contributed by atoms with Gasteiger partial charge in [-0.2, -0.15) is 0 Å². The number of carbonyl (C=O) groups excluding carboxylic acids is 1. The minimum absolute atomic E-state index is 0.0714. The van der Waals surface area contributed by atoms with E-state index >= 15 is 0 Å². The van der Waals surface area contributed by atoms with Gasteiger partial charge in [-0.3, -0.25) is 9.36 Å². The number of amides is 1. The Balaban J connectivity index is 1.71. The van der Waals surface area contributed by atoms with Crippen molar-refractivity contribution in [1.29, 1.82) is 0 Å². The zero-order valence-electron chi connectivity index (χ0n) is 17.5. The first-order valence-electron chi connectivity index (χ1n) is 9.22. The van der Waals surface area contributed by atoms with Gasteiger partial charge in [0.15, 0.2) is 5.16 Å². The van der Waals surface area contributed by atoms with Crippen molar-refractivity contribution in [3.63, 3.8) is 0 Å². The Hall–Kier alpha value is -2.40. The van der Waals surface area contributed by atoms with Gasteiger partial charge >= 0.3 is 0 Å². The third-order valence-electron chi connectivity index (χ3n) is 4.51. The summed E-state index contributed by atoms with van der Waals surface area (Å²) in [5.74, 6) is -0.222. The molecule has 0 fully saturated rings. The van der Waals surface area contributed by atoms with Crippen LogP contribution in [0.15, 0.2) is 52.8 Å². The van der Waals surface area contributed by atoms with Gasteiger partial charge in [0.05, 0.1) is 16.3 Å². The van der Waals surface area contributed by atoms with Crippen molar-refractivity contribution in [2.75, 3.05) is 25.2 Å². The second kappa shape index (κ2) is 9.39. The summed E-state index contributed by atoms with van der Waals surface area (Å²) in [6.45, 7) is 3.63. The van der Waals surface area contributed by atoms with E-state index in [1.54, 1.807) is 30.0 Å². The largest absolute Gasteiger partial charge is 0.325 e. The molecule has 8 nitrogen and oxygen atoms in total. The van der Waals surface area contributed by atoms with Gasteiger partial charge < -0.3 is 5.32 Å². The zero-order chi connectivity index (χ0) is 22.8. The molecule has 0 atom stereocenters. The van der Waals surface area contributed by atoms with E-state index in [4.69, 9.17) is 11.6 Å². The summed E-state index contributed by atoms with van der Waals surface area (Å²) in [6.07, 6.45) is 1.56. The molecule has 0 bridgehead atoms. The highest BCUT2D eigenvalue weighted by atomic mass is 35.5. The number of sulfonamides is 1. The molecule has 0 radical (unpaired) electrons. The Bertz CT molecular complexity index is 1230. The maximum absolute atomic E-state index is 12.5. The summed E-state index contributed by atoms with van der Waals surface area (Å²) in [4.78, 5) is 12.6. The SMILES string of the molecule is Cc1ccc(-n2cnnc2SCC(=O)Nc2ccc(C)c(S(=O)(=O)N(C)C)c2)cc1Cl. The number of benzene rings is 2. The number of rotatable bonds is 7. The highest BCUT2D eigenvalue weighted by Crippen LogP contribution is 2.25. The summed E-state index contributed by atoms with van der Waals surface area (Å²) < 4.78 is 27.8. The second-order valence-electron chi connectivity index (χ2n) is 7.02. The van der Waals surface area contributed by atoms with E-state index in [2.05, 4.69) is 15.5 Å². The van der Waals surface area contributed by atoms with Crippen LogP contribution in [-0.2, 0) is 14.8 Å². The van der Waals surface area contributed by atoms with E-state index < -0.39 is 10.0 Å². The van der Waals surface area contributed by atoms with Crippen molar-refractivity contribution in [2.45, 2.75) is 23.9 Å². The number of aryl methyl sites for hydroxylation is 2. The summed E-state index contributed by atoms with van der Waals surface area (Å²) in [7, 11) is -0.679. The highest BCUT2D eigenvalue weighted by Gasteiger charge is 2.20. The van der Waals surface area contributed by atoms with Crippen LogP contribution < -0.4 is 5.32 Å². The minimum Gasteiger partial charge on any atom is -0.325 e. The molecule has 164 valence electrons. The predicted molar refractivity (Wildman–Crippen MR) is 123 cm³/mol. The highest BCUT2D eigenvalue weighted by molar-refractivity contribution is 7.99. The molecule has 31 heavy (non-hydrogen) atoms. The Morgan fingerprint density at radius 3 is 2.55 bits per heavy atom. The molecule has 1 N–H and O–H groups in total. The number of halogens is 1. The predicted octanol–water partition coefficient (Wildman–Crippen LogP) is 3.52. The van der Waals surface area contributed by atoms with Gasteiger partial charge in [-0.25, -0.2) is 12.7 Å². The van der Waals surface area contributed by atoms with Crippen LogP contribution in [0.4, 0.5) is 5.69 Å². The van der Waals surface area contributed by atoms with Gasteiger partial charge in [-0.05, 0) is 49.2 Å². The monoisotopic (exact) mass is 479 g/mol. The quantitative estimate of drug-likeness (QED) is 0.521. The molecule has 2 aromatic carbocycles. The average Bonchev–Trinajstić information content (AvgIpc) is 3.18. The lowest BCUT2D eigenvalue weighted by Crippen LogP contribution is -2.23. The van der Waals surface area contributed by atoms with Crippen LogP contribution in [0.5, 0.6) is 0 Å². The zero-order valence-corrected chi connectivity index (χ0v) is 19.8. The van der Waals surface area contributed by atoms with E-state index in [0.29, 0.717) is 21.4 Å². The third-order valence-corrected chi connectivity index (χ3v) is 7.82. The Morgan fingerprint density at radius 1 is 1.16 bits per heavy atom. The van der Waals surface area contributed by atoms with Gasteiger partial charge in [-0.15, -0.1) is 10.2 Å². The van der Waals surface area contributed by atoms with Crippen molar-refractivity contribution in [3.8, 4) is 5.69 Å². The number of hydrogen-bond donors (Lipinski definition) is 1. The number of nitrogens with zero attached hydrogens (tertiary/aromatic N) is 4. The first kappa shape index (κ1) is 23.3. The summed E-state index contributed by atoms with van der Waals surface area (Å²) >= 11 is 7.42. The van der Waals surface area contributed by atoms with E-state index in [9.17, 15) is 13.2 Å². The van der Waals surface area contributed by atoms with E-state index in [-0.39, 0.29) is 16.6 Å². The lowest BCUT2D eigenvalue weighted by molar-refractivity contribution is -0.113. The smallest absolute Gasteiger partial charge is 0.242 e. The minimum atomic E-state index is -3.61. The Labute approximate surface area is 190 Å². The Morgan fingerprint density at radius 2 is 1.87 bits per heavy atom. The lowest BCUT2D eigenvalue weighted by Gasteiger charge is -2.15. The molecule has 0 aliphatic rings. The fourth-order valence-electron chi connectivity index (χ4n) is 2.71. The first-order valence-corrected chi connectivity index (χ1v) is 12.0. The van der Waals surface area contributed by atoms with Crippen LogP contribution >= 0.6 is 23.4 Å². The molecule has 0 unspecified atom stereocenters. The fourth-order valence-corrected chi connectivity index (χ4v) is 4.76. The normalized spacial score (nSPS) is 11.7. The van der Waals surface area contributed by atoms with E-state index in [1.165, 1.54) is 31.9 Å².